The quantitative estimate of drug-likeness (QED) is 0.506. The molecule has 0 bridgehead atoms. The van der Waals surface area contributed by atoms with Crippen molar-refractivity contribution in [1.29, 1.82) is 0 Å². The Hall–Kier alpha value is -2.88. The minimum Gasteiger partial charge on any atom is -0.497 e. The van der Waals surface area contributed by atoms with Gasteiger partial charge in [-0.15, -0.1) is 5.06 Å². The number of aliphatic carboxylic acids is 1. The van der Waals surface area contributed by atoms with Gasteiger partial charge in [-0.1, -0.05) is 29.8 Å². The van der Waals surface area contributed by atoms with E-state index in [2.05, 4.69) is 0 Å². The van der Waals surface area contributed by atoms with Gasteiger partial charge in [0.05, 0.1) is 38.3 Å². The van der Waals surface area contributed by atoms with Crippen LogP contribution in [0.15, 0.2) is 65.1 Å². The molecule has 1 unspecified atom stereocenters. The van der Waals surface area contributed by atoms with Crippen molar-refractivity contribution in [2.75, 3.05) is 33.4 Å². The number of methoxy groups -OCH3 is 1. The first-order valence-corrected chi connectivity index (χ1v) is 12.5. The van der Waals surface area contributed by atoms with Gasteiger partial charge in [0, 0.05) is 6.42 Å². The van der Waals surface area contributed by atoms with E-state index in [9.17, 15) is 18.3 Å². The minimum atomic E-state index is -4.32. The molecule has 2 aromatic carbocycles. The van der Waals surface area contributed by atoms with E-state index in [4.69, 9.17) is 14.3 Å². The number of ether oxygens (including phenoxy) is 2. The molecule has 34 heavy (non-hydrogen) atoms. The van der Waals surface area contributed by atoms with E-state index >= 15 is 0 Å². The Kier molecular flexibility index (Phi) is 8.35. The van der Waals surface area contributed by atoms with Crippen LogP contribution in [-0.2, 0) is 25.8 Å². The van der Waals surface area contributed by atoms with Gasteiger partial charge in [-0.3, -0.25) is 4.79 Å². The minimum absolute atomic E-state index is 0.0792. The zero-order chi connectivity index (χ0) is 24.8. The van der Waals surface area contributed by atoms with E-state index in [1.54, 1.807) is 35.4 Å². The summed E-state index contributed by atoms with van der Waals surface area (Å²) in [6.45, 7) is 5.77. The topological polar surface area (TPSA) is 102 Å². The summed E-state index contributed by atoms with van der Waals surface area (Å²) >= 11 is 0. The van der Waals surface area contributed by atoms with E-state index in [-0.39, 0.29) is 17.7 Å². The average molecular weight is 490 g/mol. The number of hydrogen-bond donors (Lipinski definition) is 1. The van der Waals surface area contributed by atoms with Crippen molar-refractivity contribution < 1.29 is 32.6 Å². The maximum absolute atomic E-state index is 13.9. The number of nitrogens with zero attached hydrogens (tertiary/aromatic N) is 1. The number of carboxylic acids is 1. The Morgan fingerprint density at radius 2 is 1.76 bits per heavy atom. The SMILES string of the molecule is COc1ccc(S(=O)(=O)C(CC=C(C)C)(Cc2ccccc2ON2CCOCC2)C(=O)O)cc1. The van der Waals surface area contributed by atoms with Crippen LogP contribution in [0.25, 0.3) is 0 Å². The zero-order valence-corrected chi connectivity index (χ0v) is 20.5. The summed E-state index contributed by atoms with van der Waals surface area (Å²) in [4.78, 5) is 18.7. The summed E-state index contributed by atoms with van der Waals surface area (Å²) in [6, 6.07) is 12.7. The molecule has 1 heterocycles. The Morgan fingerprint density at radius 1 is 1.12 bits per heavy atom. The van der Waals surface area contributed by atoms with Crippen LogP contribution in [0, 0.1) is 0 Å². The summed E-state index contributed by atoms with van der Waals surface area (Å²) in [7, 11) is -2.84. The van der Waals surface area contributed by atoms with Crippen molar-refractivity contribution in [3.8, 4) is 11.5 Å². The lowest BCUT2D eigenvalue weighted by atomic mass is 9.93. The monoisotopic (exact) mass is 489 g/mol. The molecule has 0 radical (unpaired) electrons. The highest BCUT2D eigenvalue weighted by molar-refractivity contribution is 7.93. The van der Waals surface area contributed by atoms with Gasteiger partial charge in [-0.2, -0.15) is 0 Å². The molecule has 1 N–H and O–H groups in total. The maximum atomic E-state index is 13.9. The lowest BCUT2D eigenvalue weighted by Gasteiger charge is -2.31. The summed E-state index contributed by atoms with van der Waals surface area (Å²) in [5, 5.41) is 12.1. The van der Waals surface area contributed by atoms with Gasteiger partial charge >= 0.3 is 5.97 Å². The average Bonchev–Trinajstić information content (AvgIpc) is 2.83. The number of morpholine rings is 1. The predicted octanol–water partition coefficient (Wildman–Crippen LogP) is 3.52. The van der Waals surface area contributed by atoms with E-state index in [0.29, 0.717) is 43.4 Å². The molecule has 3 rings (SSSR count). The molecule has 9 heteroatoms. The number of hydrogen-bond acceptors (Lipinski definition) is 7. The molecular weight excluding hydrogens is 458 g/mol. The number of carboxylic acid groups (broad SMARTS) is 1. The number of sulfone groups is 1. The van der Waals surface area contributed by atoms with Gasteiger partial charge < -0.3 is 19.4 Å². The fourth-order valence-corrected chi connectivity index (χ4v) is 5.55. The van der Waals surface area contributed by atoms with Crippen molar-refractivity contribution >= 4 is 15.8 Å². The molecule has 8 nitrogen and oxygen atoms in total. The van der Waals surface area contributed by atoms with Crippen LogP contribution in [0.2, 0.25) is 0 Å². The third kappa shape index (κ3) is 5.60. The molecule has 2 aromatic rings. The van der Waals surface area contributed by atoms with Crippen LogP contribution < -0.4 is 9.57 Å². The van der Waals surface area contributed by atoms with Crippen molar-refractivity contribution in [3.05, 3.63) is 65.7 Å². The Morgan fingerprint density at radius 3 is 2.35 bits per heavy atom. The molecule has 1 atom stereocenters. The van der Waals surface area contributed by atoms with Gasteiger partial charge in [0.2, 0.25) is 0 Å². The second-order valence-corrected chi connectivity index (χ2v) is 10.6. The zero-order valence-electron chi connectivity index (χ0n) is 19.7. The van der Waals surface area contributed by atoms with Gasteiger partial charge in [0.25, 0.3) is 0 Å². The summed E-state index contributed by atoms with van der Waals surface area (Å²) < 4.78 is 36.1. The first-order valence-electron chi connectivity index (χ1n) is 11.0. The van der Waals surface area contributed by atoms with E-state index < -0.39 is 20.6 Å². The third-order valence-electron chi connectivity index (χ3n) is 5.76. The van der Waals surface area contributed by atoms with Gasteiger partial charge in [-0.25, -0.2) is 8.42 Å². The lowest BCUT2D eigenvalue weighted by Crippen LogP contribution is -2.48. The molecule has 0 amide bonds. The van der Waals surface area contributed by atoms with Crippen molar-refractivity contribution in [3.63, 3.8) is 0 Å². The normalized spacial score (nSPS) is 16.3. The molecule has 1 aliphatic rings. The molecule has 184 valence electrons. The summed E-state index contributed by atoms with van der Waals surface area (Å²) in [5.74, 6) is -0.507. The highest BCUT2D eigenvalue weighted by Crippen LogP contribution is 2.37. The fourth-order valence-electron chi connectivity index (χ4n) is 3.73. The standard InChI is InChI=1S/C25H31NO7S/c1-19(2)12-13-25(24(27)28,34(29,30)22-10-8-21(31-3)9-11-22)18-20-6-4-5-7-23(20)33-26-14-16-32-17-15-26/h4-12H,13-18H2,1-3H3,(H,27,28). The molecule has 1 saturated heterocycles. The van der Waals surface area contributed by atoms with E-state index in [1.165, 1.54) is 31.4 Å². The van der Waals surface area contributed by atoms with Crippen LogP contribution >= 0.6 is 0 Å². The number of carbonyl (C=O) groups is 1. The highest BCUT2D eigenvalue weighted by Gasteiger charge is 2.51. The van der Waals surface area contributed by atoms with Crippen molar-refractivity contribution in [1.82, 2.24) is 5.06 Å². The van der Waals surface area contributed by atoms with Crippen LogP contribution in [0.5, 0.6) is 11.5 Å². The molecule has 0 spiro atoms. The van der Waals surface area contributed by atoms with Crippen LogP contribution in [-0.4, -0.2) is 62.7 Å². The molecule has 0 saturated carbocycles. The summed E-state index contributed by atoms with van der Waals surface area (Å²) in [5.41, 5.74) is 1.32. The predicted molar refractivity (Wildman–Crippen MR) is 128 cm³/mol. The van der Waals surface area contributed by atoms with Crippen LogP contribution in [0.1, 0.15) is 25.8 Å². The maximum Gasteiger partial charge on any atom is 0.326 e. The molecule has 1 aliphatic heterocycles. The van der Waals surface area contributed by atoms with Gasteiger partial charge in [0.15, 0.2) is 20.3 Å². The number of hydroxylamine groups is 2. The largest absolute Gasteiger partial charge is 0.497 e. The van der Waals surface area contributed by atoms with Crippen LogP contribution in [0.3, 0.4) is 0 Å². The van der Waals surface area contributed by atoms with Crippen molar-refractivity contribution in [2.45, 2.75) is 36.3 Å². The Labute approximate surface area is 200 Å². The highest BCUT2D eigenvalue weighted by atomic mass is 32.2. The molecule has 0 aliphatic carbocycles. The lowest BCUT2D eigenvalue weighted by molar-refractivity contribution is -0.140. The van der Waals surface area contributed by atoms with Gasteiger partial charge in [-0.05, 0) is 56.2 Å². The number of para-hydroxylation sites is 1. The van der Waals surface area contributed by atoms with E-state index in [0.717, 1.165) is 5.57 Å². The fraction of sp³-hybridized carbons (Fsp3) is 0.400. The number of benzene rings is 2. The summed E-state index contributed by atoms with van der Waals surface area (Å²) in [6.07, 6.45) is 1.20. The smallest absolute Gasteiger partial charge is 0.326 e. The second kappa shape index (κ2) is 11.0. The molecule has 0 aromatic heterocycles. The molecule has 1 fully saturated rings. The van der Waals surface area contributed by atoms with E-state index in [1.807, 2.05) is 13.8 Å². The van der Waals surface area contributed by atoms with Crippen LogP contribution in [0.4, 0.5) is 0 Å². The Balaban J connectivity index is 2.08. The first kappa shape index (κ1) is 25.7. The first-order chi connectivity index (χ1) is 16.2. The van der Waals surface area contributed by atoms with Gasteiger partial charge in [0.1, 0.15) is 5.75 Å². The second-order valence-electron chi connectivity index (χ2n) is 8.38. The number of allylic oxidation sites excluding steroid dienone is 2. The van der Waals surface area contributed by atoms with Crippen molar-refractivity contribution in [2.24, 2.45) is 0 Å². The number of rotatable bonds is 10. The third-order valence-corrected chi connectivity index (χ3v) is 8.17. The Bertz CT molecular complexity index is 1120. The molecular formula is C25H31NO7S.